The van der Waals surface area contributed by atoms with E-state index in [1.54, 1.807) is 18.4 Å². The van der Waals surface area contributed by atoms with Crippen LogP contribution in [0.25, 0.3) is 0 Å². The van der Waals surface area contributed by atoms with Crippen LogP contribution in [-0.4, -0.2) is 18.1 Å². The molecule has 0 unspecified atom stereocenters. The van der Waals surface area contributed by atoms with Gasteiger partial charge in [0.05, 0.1) is 12.0 Å². The number of hydrogen-bond donors (Lipinski definition) is 3. The van der Waals surface area contributed by atoms with Crippen LogP contribution in [0.1, 0.15) is 44.9 Å². The van der Waals surface area contributed by atoms with E-state index in [1.807, 2.05) is 30.3 Å². The number of hydrogen-bond acceptors (Lipinski definition) is 4. The predicted octanol–water partition coefficient (Wildman–Crippen LogP) is 3.33. The molecule has 0 radical (unpaired) electrons. The molecule has 2 aromatic rings. The van der Waals surface area contributed by atoms with E-state index in [0.717, 1.165) is 29.0 Å². The van der Waals surface area contributed by atoms with Crippen LogP contribution >= 0.6 is 23.6 Å². The normalized spacial score (nSPS) is 13.3. The minimum atomic E-state index is -0.142. The zero-order valence-electron chi connectivity index (χ0n) is 14.8. The van der Waals surface area contributed by atoms with Crippen LogP contribution in [0.3, 0.4) is 0 Å². The highest BCUT2D eigenvalue weighted by atomic mass is 32.1. The standard InChI is InChI=1S/C19H23N3O2S2/c1-24-15-9-7-13(8-10-15)12-20-19(25)22-21-18(23)17-11-14-5-3-2-4-6-16(14)26-17/h7-11H,2-6,12H2,1H3,(H,21,23)(H2,20,22,25). The quantitative estimate of drug-likeness (QED) is 0.425. The average molecular weight is 390 g/mol. The fourth-order valence-corrected chi connectivity index (χ4v) is 4.20. The fraction of sp³-hybridized carbons (Fsp3) is 0.368. The molecule has 0 spiro atoms. The van der Waals surface area contributed by atoms with Gasteiger partial charge in [0, 0.05) is 11.4 Å². The van der Waals surface area contributed by atoms with Crippen LogP contribution in [0.15, 0.2) is 30.3 Å². The van der Waals surface area contributed by atoms with Gasteiger partial charge < -0.3 is 10.1 Å². The summed E-state index contributed by atoms with van der Waals surface area (Å²) >= 11 is 6.81. The van der Waals surface area contributed by atoms with Gasteiger partial charge in [0.2, 0.25) is 0 Å². The van der Waals surface area contributed by atoms with Crippen molar-refractivity contribution in [3.8, 4) is 5.75 Å². The number of carbonyl (C=O) groups excluding carboxylic acids is 1. The Hall–Kier alpha value is -2.12. The molecular formula is C19H23N3O2S2. The number of rotatable bonds is 4. The number of hydrazine groups is 1. The third kappa shape index (κ3) is 4.95. The number of thiocarbonyl (C=S) groups is 1. The molecule has 0 saturated heterocycles. The van der Waals surface area contributed by atoms with Crippen LogP contribution < -0.4 is 20.9 Å². The van der Waals surface area contributed by atoms with E-state index in [-0.39, 0.29) is 5.91 Å². The summed E-state index contributed by atoms with van der Waals surface area (Å²) in [7, 11) is 1.64. The van der Waals surface area contributed by atoms with E-state index in [1.165, 1.54) is 29.7 Å². The Kier molecular flexibility index (Phi) is 6.46. The molecule has 1 aromatic heterocycles. The van der Waals surface area contributed by atoms with E-state index in [9.17, 15) is 4.79 Å². The molecule has 1 aliphatic carbocycles. The molecule has 1 aliphatic rings. The van der Waals surface area contributed by atoms with Gasteiger partial charge in [-0.3, -0.25) is 15.6 Å². The maximum absolute atomic E-state index is 12.3. The number of thiophene rings is 1. The van der Waals surface area contributed by atoms with Gasteiger partial charge >= 0.3 is 0 Å². The molecular weight excluding hydrogens is 366 g/mol. The van der Waals surface area contributed by atoms with Crippen molar-refractivity contribution in [2.24, 2.45) is 0 Å². The number of amides is 1. The first-order chi connectivity index (χ1) is 12.7. The number of ether oxygens (including phenoxy) is 1. The van der Waals surface area contributed by atoms with E-state index < -0.39 is 0 Å². The number of benzene rings is 1. The molecule has 3 rings (SSSR count). The van der Waals surface area contributed by atoms with Gasteiger partial charge in [-0.1, -0.05) is 18.6 Å². The summed E-state index contributed by atoms with van der Waals surface area (Å²) in [5, 5.41) is 3.45. The summed E-state index contributed by atoms with van der Waals surface area (Å²) in [5.41, 5.74) is 7.85. The van der Waals surface area contributed by atoms with Crippen LogP contribution in [0, 0.1) is 0 Å². The zero-order chi connectivity index (χ0) is 18.4. The van der Waals surface area contributed by atoms with Crippen molar-refractivity contribution < 1.29 is 9.53 Å². The smallest absolute Gasteiger partial charge is 0.279 e. The van der Waals surface area contributed by atoms with Gasteiger partial charge in [0.15, 0.2) is 5.11 Å². The van der Waals surface area contributed by atoms with E-state index in [0.29, 0.717) is 11.7 Å². The van der Waals surface area contributed by atoms with Crippen LogP contribution in [0.5, 0.6) is 5.75 Å². The minimum absolute atomic E-state index is 0.142. The van der Waals surface area contributed by atoms with Crippen LogP contribution in [-0.2, 0) is 19.4 Å². The fourth-order valence-electron chi connectivity index (χ4n) is 2.92. The molecule has 7 heteroatoms. The topological polar surface area (TPSA) is 62.4 Å². The van der Waals surface area contributed by atoms with Gasteiger partial charge in [-0.25, -0.2) is 0 Å². The third-order valence-electron chi connectivity index (χ3n) is 4.37. The number of nitrogens with one attached hydrogen (secondary N) is 3. The first-order valence-electron chi connectivity index (χ1n) is 8.74. The highest BCUT2D eigenvalue weighted by Gasteiger charge is 2.16. The lowest BCUT2D eigenvalue weighted by molar-refractivity contribution is 0.0947. The first-order valence-corrected chi connectivity index (χ1v) is 9.97. The maximum atomic E-state index is 12.3. The lowest BCUT2D eigenvalue weighted by Gasteiger charge is -2.11. The van der Waals surface area contributed by atoms with Crippen LogP contribution in [0.4, 0.5) is 0 Å². The second-order valence-electron chi connectivity index (χ2n) is 6.23. The second-order valence-corrected chi connectivity index (χ2v) is 7.77. The first kappa shape index (κ1) is 18.7. The molecule has 0 fully saturated rings. The van der Waals surface area contributed by atoms with Crippen molar-refractivity contribution in [2.75, 3.05) is 7.11 Å². The number of fused-ring (bicyclic) bond motifs is 1. The largest absolute Gasteiger partial charge is 0.497 e. The summed E-state index contributed by atoms with van der Waals surface area (Å²) in [6.45, 7) is 0.568. The summed E-state index contributed by atoms with van der Waals surface area (Å²) in [6, 6.07) is 9.75. The Bertz CT molecular complexity index is 748. The Balaban J connectivity index is 1.45. The molecule has 0 saturated carbocycles. The zero-order valence-corrected chi connectivity index (χ0v) is 16.4. The van der Waals surface area contributed by atoms with E-state index in [4.69, 9.17) is 17.0 Å². The molecule has 26 heavy (non-hydrogen) atoms. The lowest BCUT2D eigenvalue weighted by atomic mass is 10.1. The third-order valence-corrected chi connectivity index (χ3v) is 5.85. The summed E-state index contributed by atoms with van der Waals surface area (Å²) in [5.74, 6) is 0.674. The second kappa shape index (κ2) is 9.00. The van der Waals surface area contributed by atoms with Gasteiger partial charge in [-0.2, -0.15) is 0 Å². The van der Waals surface area contributed by atoms with Crippen molar-refractivity contribution >= 4 is 34.6 Å². The predicted molar refractivity (Wildman–Crippen MR) is 109 cm³/mol. The van der Waals surface area contributed by atoms with Gasteiger partial charge in [-0.15, -0.1) is 11.3 Å². The summed E-state index contributed by atoms with van der Waals surface area (Å²) in [6.07, 6.45) is 5.87. The lowest BCUT2D eigenvalue weighted by Crippen LogP contribution is -2.46. The van der Waals surface area contributed by atoms with Crippen molar-refractivity contribution in [1.29, 1.82) is 0 Å². The van der Waals surface area contributed by atoms with Crippen LogP contribution in [0.2, 0.25) is 0 Å². The summed E-state index contributed by atoms with van der Waals surface area (Å²) in [4.78, 5) is 14.4. The molecule has 0 aliphatic heterocycles. The number of carbonyl (C=O) groups is 1. The molecule has 138 valence electrons. The molecule has 3 N–H and O–H groups in total. The highest BCUT2D eigenvalue weighted by molar-refractivity contribution is 7.80. The van der Waals surface area contributed by atoms with E-state index in [2.05, 4.69) is 16.2 Å². The molecule has 5 nitrogen and oxygen atoms in total. The Morgan fingerprint density at radius 1 is 1.15 bits per heavy atom. The molecule has 1 aromatic carbocycles. The Labute approximate surface area is 163 Å². The maximum Gasteiger partial charge on any atom is 0.279 e. The molecule has 1 amide bonds. The number of methoxy groups -OCH3 is 1. The number of aryl methyl sites for hydroxylation is 2. The Morgan fingerprint density at radius 3 is 2.69 bits per heavy atom. The monoisotopic (exact) mass is 389 g/mol. The average Bonchev–Trinajstić information content (AvgIpc) is 2.95. The van der Waals surface area contributed by atoms with Gasteiger partial charge in [0.25, 0.3) is 5.91 Å². The highest BCUT2D eigenvalue weighted by Crippen LogP contribution is 2.28. The van der Waals surface area contributed by atoms with Gasteiger partial charge in [-0.05, 0) is 67.2 Å². The van der Waals surface area contributed by atoms with Gasteiger partial charge in [0.1, 0.15) is 5.75 Å². The molecule has 0 atom stereocenters. The SMILES string of the molecule is COc1ccc(CNC(=S)NNC(=O)c2cc3c(s2)CCCCC3)cc1. The molecule has 0 bridgehead atoms. The van der Waals surface area contributed by atoms with Crippen molar-refractivity contribution in [1.82, 2.24) is 16.2 Å². The van der Waals surface area contributed by atoms with E-state index >= 15 is 0 Å². The summed E-state index contributed by atoms with van der Waals surface area (Å²) < 4.78 is 5.13. The Morgan fingerprint density at radius 2 is 1.92 bits per heavy atom. The molecule has 1 heterocycles. The van der Waals surface area contributed by atoms with Crippen molar-refractivity contribution in [2.45, 2.75) is 38.6 Å². The van der Waals surface area contributed by atoms with Crippen molar-refractivity contribution in [3.63, 3.8) is 0 Å². The van der Waals surface area contributed by atoms with Crippen molar-refractivity contribution in [3.05, 3.63) is 51.2 Å². The minimum Gasteiger partial charge on any atom is -0.497 e.